The van der Waals surface area contributed by atoms with E-state index in [9.17, 15) is 4.79 Å². The van der Waals surface area contributed by atoms with Gasteiger partial charge in [0.1, 0.15) is 0 Å². The van der Waals surface area contributed by atoms with Gasteiger partial charge in [0.25, 0.3) is 0 Å². The molecule has 0 aliphatic carbocycles. The van der Waals surface area contributed by atoms with E-state index in [1.807, 2.05) is 27.7 Å². The first-order valence-electron chi connectivity index (χ1n) is 6.55. The van der Waals surface area contributed by atoms with Crippen LogP contribution in [0.4, 0.5) is 5.82 Å². The number of rotatable bonds is 5. The number of carbonyl (C=O) groups excluding carboxylic acids is 1. The van der Waals surface area contributed by atoms with Crippen LogP contribution in [0.15, 0.2) is 12.4 Å². The maximum absolute atomic E-state index is 10.7. The molecule has 0 atom stereocenters. The summed E-state index contributed by atoms with van der Waals surface area (Å²) in [6.45, 7) is 9.83. The van der Waals surface area contributed by atoms with Crippen LogP contribution in [0.3, 0.4) is 0 Å². The van der Waals surface area contributed by atoms with Gasteiger partial charge in [0.15, 0.2) is 5.82 Å². The van der Waals surface area contributed by atoms with Crippen LogP contribution in [0.25, 0.3) is 0 Å². The Morgan fingerprint density at radius 3 is 2.47 bits per heavy atom. The summed E-state index contributed by atoms with van der Waals surface area (Å²) in [5.41, 5.74) is 0. The Morgan fingerprint density at radius 1 is 1.32 bits per heavy atom. The highest BCUT2D eigenvalue weighted by molar-refractivity contribution is 5.87. The second-order valence-electron chi connectivity index (χ2n) is 2.85. The minimum atomic E-state index is -0.211. The fourth-order valence-corrected chi connectivity index (χ4v) is 0.899. The molecule has 2 N–H and O–H groups in total. The van der Waals surface area contributed by atoms with Gasteiger partial charge in [0, 0.05) is 20.0 Å². The third-order valence-electron chi connectivity index (χ3n) is 1.47. The van der Waals surface area contributed by atoms with Crippen LogP contribution in [-0.2, 0) is 4.79 Å². The number of carbonyl (C=O) groups is 1. The molecule has 6 heteroatoms. The minimum Gasteiger partial charge on any atom is -0.476 e. The first-order valence-corrected chi connectivity index (χ1v) is 6.55. The quantitative estimate of drug-likeness (QED) is 0.802. The molecule has 110 valence electrons. The van der Waals surface area contributed by atoms with Gasteiger partial charge in [-0.2, -0.15) is 4.98 Å². The summed E-state index contributed by atoms with van der Waals surface area (Å²) < 4.78 is 5.18. The molecule has 1 amide bonds. The Bertz CT molecular complexity index is 333. The molecule has 1 aromatic heterocycles. The normalized spacial score (nSPS) is 8.32. The zero-order valence-electron chi connectivity index (χ0n) is 12.4. The molecule has 0 saturated carbocycles. The molecule has 1 heterocycles. The van der Waals surface area contributed by atoms with Crippen molar-refractivity contribution in [3.8, 4) is 5.88 Å². The van der Waals surface area contributed by atoms with Crippen LogP contribution in [0.5, 0.6) is 5.88 Å². The van der Waals surface area contributed by atoms with Gasteiger partial charge in [0.05, 0.1) is 19.0 Å². The lowest BCUT2D eigenvalue weighted by molar-refractivity contribution is -0.114. The molecule has 1 aromatic rings. The molecule has 0 aliphatic rings. The van der Waals surface area contributed by atoms with Gasteiger partial charge in [-0.15, -0.1) is 0 Å². The van der Waals surface area contributed by atoms with Crippen LogP contribution in [-0.4, -0.2) is 34.2 Å². The van der Waals surface area contributed by atoms with E-state index in [0.29, 0.717) is 24.7 Å². The first-order chi connectivity index (χ1) is 9.22. The van der Waals surface area contributed by atoms with Crippen LogP contribution in [0.2, 0.25) is 0 Å². The van der Waals surface area contributed by atoms with Crippen LogP contribution < -0.4 is 10.1 Å². The lowest BCUT2D eigenvalue weighted by Crippen LogP contribution is -2.09. The van der Waals surface area contributed by atoms with Gasteiger partial charge < -0.3 is 15.2 Å². The summed E-state index contributed by atoms with van der Waals surface area (Å²) in [4.78, 5) is 18.6. The number of aliphatic hydroxyl groups excluding tert-OH is 1. The average Bonchev–Trinajstić information content (AvgIpc) is 2.43. The second kappa shape index (κ2) is 14.4. The number of hydrogen-bond donors (Lipinski definition) is 2. The molecule has 0 aliphatic heterocycles. The lowest BCUT2D eigenvalue weighted by atomic mass is 10.5. The SMILES string of the molecule is CC.CC.CC(=O)Nc1cncc(OCCCO)n1. The van der Waals surface area contributed by atoms with Crippen molar-refractivity contribution in [1.29, 1.82) is 0 Å². The van der Waals surface area contributed by atoms with E-state index < -0.39 is 0 Å². The number of amides is 1. The zero-order valence-corrected chi connectivity index (χ0v) is 12.4. The minimum absolute atomic E-state index is 0.0683. The molecule has 0 aromatic carbocycles. The Balaban J connectivity index is 0. The van der Waals surface area contributed by atoms with Crippen molar-refractivity contribution in [2.24, 2.45) is 0 Å². The summed E-state index contributed by atoms with van der Waals surface area (Å²) >= 11 is 0. The summed E-state index contributed by atoms with van der Waals surface area (Å²) in [6, 6.07) is 0. The molecular formula is C13H25N3O3. The molecule has 0 unspecified atom stereocenters. The predicted octanol–water partition coefficient (Wildman–Crippen LogP) is 2.25. The van der Waals surface area contributed by atoms with Gasteiger partial charge in [0.2, 0.25) is 11.8 Å². The highest BCUT2D eigenvalue weighted by Crippen LogP contribution is 2.08. The number of hydrogen-bond acceptors (Lipinski definition) is 5. The van der Waals surface area contributed by atoms with E-state index in [-0.39, 0.29) is 12.5 Å². The van der Waals surface area contributed by atoms with Gasteiger partial charge in [-0.1, -0.05) is 27.7 Å². The Kier molecular flexibility index (Phi) is 14.9. The van der Waals surface area contributed by atoms with Crippen LogP contribution >= 0.6 is 0 Å². The fraction of sp³-hybridized carbons (Fsp3) is 0.615. The Hall–Kier alpha value is -1.69. The molecular weight excluding hydrogens is 246 g/mol. The fourth-order valence-electron chi connectivity index (χ4n) is 0.899. The Labute approximate surface area is 115 Å². The van der Waals surface area contributed by atoms with Gasteiger partial charge in [-0.05, 0) is 0 Å². The molecule has 0 radical (unpaired) electrons. The molecule has 0 saturated heterocycles. The predicted molar refractivity (Wildman–Crippen MR) is 76.2 cm³/mol. The number of aliphatic hydroxyl groups is 1. The molecule has 0 fully saturated rings. The van der Waals surface area contributed by atoms with Crippen molar-refractivity contribution in [2.45, 2.75) is 41.0 Å². The monoisotopic (exact) mass is 271 g/mol. The average molecular weight is 271 g/mol. The molecule has 19 heavy (non-hydrogen) atoms. The van der Waals surface area contributed by atoms with Crippen molar-refractivity contribution in [3.05, 3.63) is 12.4 Å². The standard InChI is InChI=1S/C9H13N3O3.2C2H6/c1-7(14)11-8-5-10-6-9(12-8)15-4-2-3-13;2*1-2/h5-6,13H,2-4H2,1H3,(H,11,12,14);2*1-2H3. The highest BCUT2D eigenvalue weighted by atomic mass is 16.5. The van der Waals surface area contributed by atoms with E-state index in [2.05, 4.69) is 15.3 Å². The third kappa shape index (κ3) is 11.1. The maximum Gasteiger partial charge on any atom is 0.234 e. The largest absolute Gasteiger partial charge is 0.476 e. The zero-order chi connectivity index (χ0) is 15.1. The summed E-state index contributed by atoms with van der Waals surface area (Å²) in [5, 5.41) is 11.0. The number of ether oxygens (including phenoxy) is 1. The third-order valence-corrected chi connectivity index (χ3v) is 1.47. The highest BCUT2D eigenvalue weighted by Gasteiger charge is 2.00. The van der Waals surface area contributed by atoms with Gasteiger partial charge in [-0.25, -0.2) is 0 Å². The molecule has 0 spiro atoms. The first kappa shape index (κ1) is 19.6. The summed E-state index contributed by atoms with van der Waals surface area (Å²) in [7, 11) is 0. The van der Waals surface area contributed by atoms with Crippen molar-refractivity contribution in [1.82, 2.24) is 9.97 Å². The van der Waals surface area contributed by atoms with E-state index >= 15 is 0 Å². The summed E-state index contributed by atoms with van der Waals surface area (Å²) in [6.07, 6.45) is 3.41. The molecule has 1 rings (SSSR count). The smallest absolute Gasteiger partial charge is 0.234 e. The second-order valence-corrected chi connectivity index (χ2v) is 2.85. The topological polar surface area (TPSA) is 84.3 Å². The van der Waals surface area contributed by atoms with Crippen molar-refractivity contribution < 1.29 is 14.6 Å². The lowest BCUT2D eigenvalue weighted by Gasteiger charge is -2.05. The van der Waals surface area contributed by atoms with E-state index in [1.165, 1.54) is 19.3 Å². The number of aromatic nitrogens is 2. The van der Waals surface area contributed by atoms with Crippen LogP contribution in [0.1, 0.15) is 41.0 Å². The number of anilines is 1. The van der Waals surface area contributed by atoms with E-state index in [1.54, 1.807) is 0 Å². The summed E-state index contributed by atoms with van der Waals surface area (Å²) in [5.74, 6) is 0.468. The number of nitrogens with one attached hydrogen (secondary N) is 1. The van der Waals surface area contributed by atoms with Crippen LogP contribution in [0, 0.1) is 0 Å². The van der Waals surface area contributed by atoms with Crippen molar-refractivity contribution in [3.63, 3.8) is 0 Å². The van der Waals surface area contributed by atoms with Gasteiger partial charge >= 0.3 is 0 Å². The van der Waals surface area contributed by atoms with E-state index in [4.69, 9.17) is 9.84 Å². The Morgan fingerprint density at radius 2 is 1.95 bits per heavy atom. The van der Waals surface area contributed by atoms with E-state index in [0.717, 1.165) is 0 Å². The van der Waals surface area contributed by atoms with Crippen molar-refractivity contribution >= 4 is 11.7 Å². The molecule has 0 bridgehead atoms. The van der Waals surface area contributed by atoms with Crippen molar-refractivity contribution in [2.75, 3.05) is 18.5 Å². The molecule has 6 nitrogen and oxygen atoms in total. The maximum atomic E-state index is 10.7. The number of nitrogens with zero attached hydrogens (tertiary/aromatic N) is 2. The van der Waals surface area contributed by atoms with Gasteiger partial charge in [-0.3, -0.25) is 9.78 Å².